The topological polar surface area (TPSA) is 46.5 Å². The zero-order valence-corrected chi connectivity index (χ0v) is 8.26. The van der Waals surface area contributed by atoms with E-state index in [1.807, 2.05) is 27.7 Å². The third kappa shape index (κ3) is 3.72. The molecule has 1 unspecified atom stereocenters. The predicted molar refractivity (Wildman–Crippen MR) is 47.2 cm³/mol. The molecule has 3 heteroatoms. The highest BCUT2D eigenvalue weighted by molar-refractivity contribution is 5.72. The Hall–Kier alpha value is -0.570. The first-order chi connectivity index (χ1) is 5.43. The van der Waals surface area contributed by atoms with Gasteiger partial charge in [-0.3, -0.25) is 0 Å². The van der Waals surface area contributed by atoms with Gasteiger partial charge in [-0.25, -0.2) is 4.79 Å². The van der Waals surface area contributed by atoms with Gasteiger partial charge in [0.1, 0.15) is 0 Å². The summed E-state index contributed by atoms with van der Waals surface area (Å²) in [6.07, 6.45) is 0.662. The van der Waals surface area contributed by atoms with Crippen molar-refractivity contribution in [1.82, 2.24) is 0 Å². The van der Waals surface area contributed by atoms with Crippen LogP contribution in [0.5, 0.6) is 0 Å². The molecule has 12 heavy (non-hydrogen) atoms. The van der Waals surface area contributed by atoms with Gasteiger partial charge in [-0.05, 0) is 26.7 Å². The molecule has 0 aromatic heterocycles. The summed E-state index contributed by atoms with van der Waals surface area (Å²) in [5.41, 5.74) is -0.334. The van der Waals surface area contributed by atoms with Gasteiger partial charge in [0, 0.05) is 0 Å². The normalized spacial score (nSPS) is 14.3. The average molecular weight is 174 g/mol. The van der Waals surface area contributed by atoms with Crippen molar-refractivity contribution in [1.29, 1.82) is 0 Å². The largest absolute Gasteiger partial charge is 0.479 e. The van der Waals surface area contributed by atoms with Gasteiger partial charge in [-0.1, -0.05) is 13.8 Å². The Bertz CT molecular complexity index is 152. The third-order valence-electron chi connectivity index (χ3n) is 1.96. The molecular formula is C9H18O3. The minimum atomic E-state index is -0.876. The van der Waals surface area contributed by atoms with Crippen molar-refractivity contribution in [2.75, 3.05) is 0 Å². The number of carbonyl (C=O) groups is 1. The number of rotatable bonds is 5. The smallest absolute Gasteiger partial charge is 0.332 e. The molecule has 0 radical (unpaired) electrons. The number of hydrogen-bond donors (Lipinski definition) is 1. The van der Waals surface area contributed by atoms with Crippen LogP contribution in [-0.4, -0.2) is 22.8 Å². The lowest BCUT2D eigenvalue weighted by atomic mass is 10.1. The summed E-state index contributed by atoms with van der Waals surface area (Å²) in [4.78, 5) is 10.6. The zero-order chi connectivity index (χ0) is 9.78. The Morgan fingerprint density at radius 2 is 2.00 bits per heavy atom. The maximum Gasteiger partial charge on any atom is 0.332 e. The third-order valence-corrected chi connectivity index (χ3v) is 1.96. The van der Waals surface area contributed by atoms with Gasteiger partial charge < -0.3 is 9.84 Å². The molecule has 72 valence electrons. The van der Waals surface area contributed by atoms with Crippen LogP contribution in [0.3, 0.4) is 0 Å². The van der Waals surface area contributed by atoms with Crippen molar-refractivity contribution in [3.05, 3.63) is 0 Å². The van der Waals surface area contributed by atoms with Crippen LogP contribution in [0.2, 0.25) is 0 Å². The van der Waals surface area contributed by atoms with E-state index in [4.69, 9.17) is 9.84 Å². The molecule has 0 fully saturated rings. The molecule has 0 aliphatic heterocycles. The maximum atomic E-state index is 10.6. The molecule has 0 saturated heterocycles. The van der Waals surface area contributed by atoms with Crippen molar-refractivity contribution in [3.63, 3.8) is 0 Å². The number of hydrogen-bond acceptors (Lipinski definition) is 2. The van der Waals surface area contributed by atoms with Gasteiger partial charge in [-0.2, -0.15) is 0 Å². The van der Waals surface area contributed by atoms with Crippen molar-refractivity contribution < 1.29 is 14.6 Å². The quantitative estimate of drug-likeness (QED) is 0.694. The molecule has 0 spiro atoms. The van der Waals surface area contributed by atoms with Crippen LogP contribution in [0.4, 0.5) is 0 Å². The summed E-state index contributed by atoms with van der Waals surface area (Å²) in [5, 5.41) is 8.71. The standard InChI is InChI=1S/C9H18O3/c1-5-7(8(10)11)12-9(3,4)6-2/h7H,5-6H2,1-4H3,(H,10,11). The summed E-state index contributed by atoms with van der Waals surface area (Å²) in [7, 11) is 0. The monoisotopic (exact) mass is 174 g/mol. The Morgan fingerprint density at radius 1 is 1.50 bits per heavy atom. The summed E-state index contributed by atoms with van der Waals surface area (Å²) in [6.45, 7) is 7.59. The lowest BCUT2D eigenvalue weighted by molar-refractivity contribution is -0.161. The minimum Gasteiger partial charge on any atom is -0.479 e. The number of carboxylic acids is 1. The van der Waals surface area contributed by atoms with Gasteiger partial charge in [0.25, 0.3) is 0 Å². The van der Waals surface area contributed by atoms with E-state index in [-0.39, 0.29) is 5.60 Å². The lowest BCUT2D eigenvalue weighted by Crippen LogP contribution is -2.34. The van der Waals surface area contributed by atoms with Crippen molar-refractivity contribution in [3.8, 4) is 0 Å². The highest BCUT2D eigenvalue weighted by Gasteiger charge is 2.25. The van der Waals surface area contributed by atoms with Crippen LogP contribution in [0.15, 0.2) is 0 Å². The number of aliphatic carboxylic acids is 1. The van der Waals surface area contributed by atoms with E-state index in [2.05, 4.69) is 0 Å². The van der Waals surface area contributed by atoms with Crippen LogP contribution in [-0.2, 0) is 9.53 Å². The Balaban J connectivity index is 4.11. The second kappa shape index (κ2) is 4.45. The molecule has 0 amide bonds. The summed E-state index contributed by atoms with van der Waals surface area (Å²) in [5.74, 6) is -0.876. The van der Waals surface area contributed by atoms with E-state index >= 15 is 0 Å². The fraction of sp³-hybridized carbons (Fsp3) is 0.889. The first-order valence-electron chi connectivity index (χ1n) is 4.33. The van der Waals surface area contributed by atoms with E-state index in [0.717, 1.165) is 6.42 Å². The highest BCUT2D eigenvalue weighted by Crippen LogP contribution is 2.17. The molecule has 0 bridgehead atoms. The molecular weight excluding hydrogens is 156 g/mol. The van der Waals surface area contributed by atoms with E-state index in [1.54, 1.807) is 0 Å². The molecule has 0 rings (SSSR count). The maximum absolute atomic E-state index is 10.6. The first-order valence-corrected chi connectivity index (χ1v) is 4.33. The number of ether oxygens (including phenoxy) is 1. The Morgan fingerprint density at radius 3 is 2.25 bits per heavy atom. The SMILES string of the molecule is CCC(OC(C)(C)CC)C(=O)O. The summed E-state index contributed by atoms with van der Waals surface area (Å²) >= 11 is 0. The second-order valence-electron chi connectivity index (χ2n) is 3.47. The van der Waals surface area contributed by atoms with Crippen LogP contribution in [0.25, 0.3) is 0 Å². The second-order valence-corrected chi connectivity index (χ2v) is 3.47. The molecule has 0 heterocycles. The Labute approximate surface area is 73.7 Å². The van der Waals surface area contributed by atoms with Crippen molar-refractivity contribution >= 4 is 5.97 Å². The molecule has 0 aliphatic rings. The van der Waals surface area contributed by atoms with Gasteiger partial charge in [-0.15, -0.1) is 0 Å². The van der Waals surface area contributed by atoms with Crippen LogP contribution >= 0.6 is 0 Å². The van der Waals surface area contributed by atoms with E-state index in [1.165, 1.54) is 0 Å². The van der Waals surface area contributed by atoms with Gasteiger partial charge in [0.2, 0.25) is 0 Å². The van der Waals surface area contributed by atoms with Gasteiger partial charge in [0.05, 0.1) is 5.60 Å². The summed E-state index contributed by atoms with van der Waals surface area (Å²) in [6, 6.07) is 0. The average Bonchev–Trinajstić information content (AvgIpc) is 2.00. The van der Waals surface area contributed by atoms with Crippen molar-refractivity contribution in [2.45, 2.75) is 52.2 Å². The molecule has 1 atom stereocenters. The molecule has 0 saturated carbocycles. The van der Waals surface area contributed by atoms with Crippen LogP contribution in [0.1, 0.15) is 40.5 Å². The molecule has 3 nitrogen and oxygen atoms in total. The van der Waals surface area contributed by atoms with Crippen LogP contribution < -0.4 is 0 Å². The summed E-state index contributed by atoms with van der Waals surface area (Å²) < 4.78 is 5.40. The zero-order valence-electron chi connectivity index (χ0n) is 8.26. The van der Waals surface area contributed by atoms with E-state index in [0.29, 0.717) is 6.42 Å². The molecule has 0 aromatic rings. The molecule has 0 aliphatic carbocycles. The molecule has 0 aromatic carbocycles. The molecule has 1 N–H and O–H groups in total. The van der Waals surface area contributed by atoms with Gasteiger partial charge in [0.15, 0.2) is 6.10 Å². The minimum absolute atomic E-state index is 0.334. The fourth-order valence-electron chi connectivity index (χ4n) is 0.777. The van der Waals surface area contributed by atoms with Gasteiger partial charge >= 0.3 is 5.97 Å². The van der Waals surface area contributed by atoms with E-state index in [9.17, 15) is 4.79 Å². The fourth-order valence-corrected chi connectivity index (χ4v) is 0.777. The van der Waals surface area contributed by atoms with Crippen molar-refractivity contribution in [2.24, 2.45) is 0 Å². The van der Waals surface area contributed by atoms with Crippen LogP contribution in [0, 0.1) is 0 Å². The number of carboxylic acid groups (broad SMARTS) is 1. The predicted octanol–water partition coefficient (Wildman–Crippen LogP) is 2.05. The van der Waals surface area contributed by atoms with E-state index < -0.39 is 12.1 Å². The first kappa shape index (κ1) is 11.4. The highest BCUT2D eigenvalue weighted by atomic mass is 16.5. The lowest BCUT2D eigenvalue weighted by Gasteiger charge is -2.27. The Kier molecular flexibility index (Phi) is 4.24.